The first-order valence-electron chi connectivity index (χ1n) is 16.8. The summed E-state index contributed by atoms with van der Waals surface area (Å²) in [5.41, 5.74) is 2.37. The lowest BCUT2D eigenvalue weighted by atomic mass is 9.60. The second kappa shape index (κ2) is 8.61. The first kappa shape index (κ1) is 24.3. The normalized spacial score (nSPS) is 60.9. The van der Waals surface area contributed by atoms with Gasteiger partial charge in [-0.3, -0.25) is 0 Å². The maximum absolute atomic E-state index is 2.80. The molecule has 0 nitrogen and oxygen atoms in total. The number of rotatable bonds is 2. The van der Waals surface area contributed by atoms with Crippen LogP contribution in [0.2, 0.25) is 23.2 Å². The van der Waals surface area contributed by atoms with E-state index in [4.69, 9.17) is 0 Å². The van der Waals surface area contributed by atoms with Crippen LogP contribution in [0.3, 0.4) is 0 Å². The van der Waals surface area contributed by atoms with E-state index in [1.165, 1.54) is 11.1 Å². The molecule has 198 valence electrons. The highest BCUT2D eigenvalue weighted by molar-refractivity contribution is 6.83. The Morgan fingerprint density at radius 3 is 1.20 bits per heavy atom. The summed E-state index contributed by atoms with van der Waals surface area (Å²) in [5.74, 6) is 15.0. The molecule has 0 aromatic heterocycles. The maximum Gasteiger partial charge on any atom is 0.0609 e. The molecule has 6 aliphatic carbocycles. The van der Waals surface area contributed by atoms with Gasteiger partial charge in [-0.15, -0.1) is 0 Å². The summed E-state index contributed by atoms with van der Waals surface area (Å²) in [7, 11) is -1.34. The molecule has 16 atom stereocenters. The lowest BCUT2D eigenvalue weighted by Crippen LogP contribution is -2.54. The summed E-state index contributed by atoms with van der Waals surface area (Å²) >= 11 is 0. The van der Waals surface area contributed by atoms with E-state index < -0.39 is 8.07 Å². The van der Waals surface area contributed by atoms with Crippen molar-refractivity contribution in [3.63, 3.8) is 0 Å². The maximum atomic E-state index is 2.80. The number of hydrogen-bond acceptors (Lipinski definition) is 0. The second-order valence-corrected chi connectivity index (χ2v) is 21.2. The molecule has 0 spiro atoms. The average molecular weight is 495 g/mol. The third-order valence-corrected chi connectivity index (χ3v) is 22.8. The molecule has 0 amide bonds. The molecular weight excluding hydrogens is 436 g/mol. The van der Waals surface area contributed by atoms with Crippen molar-refractivity contribution < 1.29 is 0 Å². The SMILES string of the molecule is CC1CC2C(C)C3CCCC3C(C)C2C1[Si]1(C2C(C)CC3C(C)C4CCCC4C(C)C32)CCCC1. The highest BCUT2D eigenvalue weighted by atomic mass is 28.3. The molecule has 7 fully saturated rings. The van der Waals surface area contributed by atoms with E-state index in [0.29, 0.717) is 0 Å². The Kier molecular flexibility index (Phi) is 5.97. The van der Waals surface area contributed by atoms with Gasteiger partial charge in [0.05, 0.1) is 8.07 Å². The minimum atomic E-state index is -1.34. The molecule has 7 aliphatic rings. The van der Waals surface area contributed by atoms with Crippen LogP contribution >= 0.6 is 0 Å². The molecule has 0 bridgehead atoms. The van der Waals surface area contributed by atoms with E-state index in [1.807, 2.05) is 0 Å². The molecule has 0 radical (unpaired) electrons. The van der Waals surface area contributed by atoms with Crippen LogP contribution in [-0.2, 0) is 0 Å². The minimum absolute atomic E-state index is 1.03. The zero-order valence-electron chi connectivity index (χ0n) is 24.2. The van der Waals surface area contributed by atoms with Crippen LogP contribution in [0.15, 0.2) is 0 Å². The van der Waals surface area contributed by atoms with Crippen molar-refractivity contribution in [1.29, 1.82) is 0 Å². The zero-order valence-corrected chi connectivity index (χ0v) is 25.2. The first-order valence-corrected chi connectivity index (χ1v) is 19.4. The summed E-state index contributed by atoms with van der Waals surface area (Å²) < 4.78 is 0. The van der Waals surface area contributed by atoms with Gasteiger partial charge in [-0.25, -0.2) is 0 Å². The van der Waals surface area contributed by atoms with Gasteiger partial charge in [-0.2, -0.15) is 0 Å². The Bertz CT molecular complexity index is 736. The van der Waals surface area contributed by atoms with Crippen molar-refractivity contribution in [2.45, 2.75) is 129 Å². The van der Waals surface area contributed by atoms with Gasteiger partial charge in [-0.1, -0.05) is 79.3 Å². The highest BCUT2D eigenvalue weighted by Gasteiger charge is 2.67. The standard InChI is InChI=1S/C34H58Si/c1-19-17-29-21(3)25-11-9-13-27(25)23(5)31(29)33(19)35(15-7-8-16-35)34-20(2)18-30-22(4)26-12-10-14-28(26)24(6)32(30)34/h19-34H,7-18H2,1-6H3. The van der Waals surface area contributed by atoms with Crippen LogP contribution < -0.4 is 0 Å². The lowest BCUT2D eigenvalue weighted by molar-refractivity contribution is 0.0243. The molecule has 7 rings (SSSR count). The molecule has 1 heteroatoms. The van der Waals surface area contributed by atoms with Gasteiger partial charge in [0.2, 0.25) is 0 Å². The van der Waals surface area contributed by atoms with Crippen LogP contribution in [0.25, 0.3) is 0 Å². The molecule has 16 unspecified atom stereocenters. The fourth-order valence-corrected chi connectivity index (χ4v) is 24.0. The predicted octanol–water partition coefficient (Wildman–Crippen LogP) is 9.92. The topological polar surface area (TPSA) is 0 Å². The second-order valence-electron chi connectivity index (χ2n) is 16.4. The van der Waals surface area contributed by atoms with Crippen molar-refractivity contribution in [3.05, 3.63) is 0 Å². The van der Waals surface area contributed by atoms with E-state index >= 15 is 0 Å². The zero-order chi connectivity index (χ0) is 24.2. The Balaban J connectivity index is 1.29. The molecule has 0 aromatic carbocycles. The molecule has 1 aliphatic heterocycles. The van der Waals surface area contributed by atoms with Crippen molar-refractivity contribution >= 4 is 8.07 Å². The van der Waals surface area contributed by atoms with E-state index in [1.54, 1.807) is 76.3 Å². The fourth-order valence-electron chi connectivity index (χ4n) is 15.0. The van der Waals surface area contributed by atoms with Crippen molar-refractivity contribution in [2.24, 2.45) is 82.9 Å². The molecular formula is C34H58Si. The van der Waals surface area contributed by atoms with Crippen LogP contribution in [0.1, 0.15) is 106 Å². The Morgan fingerprint density at radius 1 is 0.429 bits per heavy atom. The third-order valence-electron chi connectivity index (χ3n) is 15.7. The van der Waals surface area contributed by atoms with E-state index in [-0.39, 0.29) is 0 Å². The Morgan fingerprint density at radius 2 is 0.800 bits per heavy atom. The van der Waals surface area contributed by atoms with E-state index in [2.05, 4.69) is 41.5 Å². The predicted molar refractivity (Wildman–Crippen MR) is 152 cm³/mol. The fraction of sp³-hybridized carbons (Fsp3) is 1.00. The number of hydrogen-bond donors (Lipinski definition) is 0. The summed E-state index contributed by atoms with van der Waals surface area (Å²) in [6.45, 7) is 16.7. The van der Waals surface area contributed by atoms with Crippen LogP contribution in [0.5, 0.6) is 0 Å². The summed E-state index contributed by atoms with van der Waals surface area (Å²) in [4.78, 5) is 0. The summed E-state index contributed by atoms with van der Waals surface area (Å²) in [6, 6.07) is 3.49. The van der Waals surface area contributed by atoms with Gasteiger partial charge in [-0.05, 0) is 132 Å². The molecule has 6 saturated carbocycles. The van der Waals surface area contributed by atoms with Gasteiger partial charge in [0.25, 0.3) is 0 Å². The molecule has 0 aromatic rings. The minimum Gasteiger partial charge on any atom is -0.0625 e. The van der Waals surface area contributed by atoms with E-state index in [0.717, 1.165) is 82.9 Å². The highest BCUT2D eigenvalue weighted by Crippen LogP contribution is 2.73. The largest absolute Gasteiger partial charge is 0.0625 e. The smallest absolute Gasteiger partial charge is 0.0609 e. The van der Waals surface area contributed by atoms with Gasteiger partial charge >= 0.3 is 0 Å². The van der Waals surface area contributed by atoms with E-state index in [9.17, 15) is 0 Å². The van der Waals surface area contributed by atoms with Crippen molar-refractivity contribution in [1.82, 2.24) is 0 Å². The summed E-state index contributed by atoms with van der Waals surface area (Å²) in [5, 5.41) is 0. The van der Waals surface area contributed by atoms with Crippen molar-refractivity contribution in [3.8, 4) is 0 Å². The molecule has 35 heavy (non-hydrogen) atoms. The van der Waals surface area contributed by atoms with Crippen LogP contribution in [-0.4, -0.2) is 8.07 Å². The Labute approximate surface area is 219 Å². The van der Waals surface area contributed by atoms with Crippen LogP contribution in [0, 0.1) is 82.9 Å². The van der Waals surface area contributed by atoms with Gasteiger partial charge in [0, 0.05) is 0 Å². The lowest BCUT2D eigenvalue weighted by Gasteiger charge is -2.56. The quantitative estimate of drug-likeness (QED) is 0.335. The van der Waals surface area contributed by atoms with Gasteiger partial charge in [0.15, 0.2) is 0 Å². The van der Waals surface area contributed by atoms with Gasteiger partial charge < -0.3 is 0 Å². The number of fused-ring (bicyclic) bond motifs is 4. The molecule has 0 N–H and O–H groups in total. The Hall–Kier alpha value is 0.217. The third kappa shape index (κ3) is 3.21. The molecule has 1 saturated heterocycles. The van der Waals surface area contributed by atoms with Gasteiger partial charge in [0.1, 0.15) is 0 Å². The van der Waals surface area contributed by atoms with Crippen molar-refractivity contribution in [2.75, 3.05) is 0 Å². The average Bonchev–Trinajstić information content (AvgIpc) is 3.64. The summed E-state index contributed by atoms with van der Waals surface area (Å²) in [6.07, 6.45) is 15.9. The van der Waals surface area contributed by atoms with Crippen LogP contribution in [0.4, 0.5) is 0 Å². The first-order chi connectivity index (χ1) is 16.8. The monoisotopic (exact) mass is 494 g/mol. The molecule has 1 heterocycles.